The molecular weight excluding hydrogens is 348 g/mol. The van der Waals surface area contributed by atoms with Crippen LogP contribution >= 0.6 is 11.8 Å². The van der Waals surface area contributed by atoms with Crippen LogP contribution in [0, 0.1) is 41.1 Å². The topological polar surface area (TPSA) is 23.8 Å². The second-order valence-electron chi connectivity index (χ2n) is 5.65. The highest BCUT2D eigenvalue weighted by Crippen LogP contribution is 2.23. The number of rotatable bonds is 2. The van der Waals surface area contributed by atoms with Crippen molar-refractivity contribution < 1.29 is 8.78 Å². The fourth-order valence-corrected chi connectivity index (χ4v) is 2.84. The Hall–Kier alpha value is -3.08. The molecule has 0 fully saturated rings. The zero-order valence-electron chi connectivity index (χ0n) is 13.9. The lowest BCUT2D eigenvalue weighted by Gasteiger charge is -2.02. The van der Waals surface area contributed by atoms with Crippen molar-refractivity contribution in [2.75, 3.05) is 0 Å². The van der Waals surface area contributed by atoms with Crippen LogP contribution in [0.4, 0.5) is 8.78 Å². The van der Waals surface area contributed by atoms with E-state index in [0.29, 0.717) is 17.3 Å². The summed E-state index contributed by atoms with van der Waals surface area (Å²) in [6, 6.07) is 17.9. The van der Waals surface area contributed by atoms with E-state index >= 15 is 0 Å². The maximum absolute atomic E-state index is 14.0. The van der Waals surface area contributed by atoms with E-state index in [4.69, 9.17) is 5.26 Å². The normalized spacial score (nSPS) is 9.92. The molecule has 0 aromatic heterocycles. The van der Waals surface area contributed by atoms with Crippen molar-refractivity contribution in [1.29, 1.82) is 5.26 Å². The lowest BCUT2D eigenvalue weighted by molar-refractivity contribution is 0.572. The minimum absolute atomic E-state index is 0.218. The summed E-state index contributed by atoms with van der Waals surface area (Å²) in [5.74, 6) is 3.78. The molecule has 3 aromatic carbocycles. The van der Waals surface area contributed by atoms with Crippen molar-refractivity contribution in [1.82, 2.24) is 0 Å². The van der Waals surface area contributed by atoms with Crippen LogP contribution in [0.25, 0.3) is 11.1 Å². The SMILES string of the molecule is Cc1ccc(-c2ccc(C#Cc3c(F)cc(SC#N)cc3F)cc2)cc1. The summed E-state index contributed by atoms with van der Waals surface area (Å²) < 4.78 is 28.0. The Morgan fingerprint density at radius 3 is 1.88 bits per heavy atom. The maximum Gasteiger partial charge on any atom is 0.142 e. The zero-order valence-corrected chi connectivity index (χ0v) is 14.7. The summed E-state index contributed by atoms with van der Waals surface area (Å²) in [6.45, 7) is 2.03. The number of hydrogen-bond donors (Lipinski definition) is 0. The van der Waals surface area contributed by atoms with Crippen LogP contribution in [-0.4, -0.2) is 0 Å². The van der Waals surface area contributed by atoms with Crippen LogP contribution in [-0.2, 0) is 0 Å². The number of nitrogens with zero attached hydrogens (tertiary/aromatic N) is 1. The molecule has 4 heteroatoms. The predicted octanol–water partition coefficient (Wildman–Crippen LogP) is 5.91. The summed E-state index contributed by atoms with van der Waals surface area (Å²) in [6.07, 6.45) is 0. The Morgan fingerprint density at radius 1 is 0.808 bits per heavy atom. The van der Waals surface area contributed by atoms with Gasteiger partial charge in [0.25, 0.3) is 0 Å². The third kappa shape index (κ3) is 4.11. The van der Waals surface area contributed by atoms with Gasteiger partial charge in [-0.25, -0.2) is 8.78 Å². The van der Waals surface area contributed by atoms with Gasteiger partial charge in [-0.2, -0.15) is 5.26 Å². The van der Waals surface area contributed by atoms with Gasteiger partial charge in [0.05, 0.1) is 5.56 Å². The van der Waals surface area contributed by atoms with Gasteiger partial charge in [0, 0.05) is 10.5 Å². The second-order valence-corrected chi connectivity index (χ2v) is 6.51. The molecule has 3 rings (SSSR count). The van der Waals surface area contributed by atoms with Crippen LogP contribution in [0.15, 0.2) is 65.6 Å². The van der Waals surface area contributed by atoms with Gasteiger partial charge in [-0.1, -0.05) is 53.8 Å². The van der Waals surface area contributed by atoms with Crippen molar-refractivity contribution in [2.24, 2.45) is 0 Å². The Bertz CT molecular complexity index is 1010. The van der Waals surface area contributed by atoms with Gasteiger partial charge in [-0.05, 0) is 54.1 Å². The van der Waals surface area contributed by atoms with Gasteiger partial charge in [0.1, 0.15) is 17.0 Å². The van der Waals surface area contributed by atoms with E-state index in [0.717, 1.165) is 23.3 Å². The summed E-state index contributed by atoms with van der Waals surface area (Å²) in [5.41, 5.74) is 3.70. The van der Waals surface area contributed by atoms with E-state index < -0.39 is 11.6 Å². The van der Waals surface area contributed by atoms with E-state index in [1.165, 1.54) is 5.56 Å². The highest BCUT2D eigenvalue weighted by Gasteiger charge is 2.09. The molecule has 3 aromatic rings. The molecule has 26 heavy (non-hydrogen) atoms. The first kappa shape index (κ1) is 17.7. The number of benzene rings is 3. The van der Waals surface area contributed by atoms with Gasteiger partial charge in [-0.3, -0.25) is 0 Å². The molecule has 0 aliphatic rings. The van der Waals surface area contributed by atoms with Crippen LogP contribution in [0.1, 0.15) is 16.7 Å². The van der Waals surface area contributed by atoms with Crippen LogP contribution < -0.4 is 0 Å². The number of aryl methyl sites for hydroxylation is 1. The molecule has 0 radical (unpaired) electrons. The number of thioether (sulfide) groups is 1. The van der Waals surface area contributed by atoms with E-state index in [-0.39, 0.29) is 10.5 Å². The first-order chi connectivity index (χ1) is 12.6. The molecule has 0 spiro atoms. The average Bonchev–Trinajstić information content (AvgIpc) is 2.62. The highest BCUT2D eigenvalue weighted by atomic mass is 32.2. The Kier molecular flexibility index (Phi) is 5.37. The fourth-order valence-electron chi connectivity index (χ4n) is 2.41. The Balaban J connectivity index is 1.85. The summed E-state index contributed by atoms with van der Waals surface area (Å²) in [7, 11) is 0. The Morgan fingerprint density at radius 2 is 1.35 bits per heavy atom. The van der Waals surface area contributed by atoms with Gasteiger partial charge in [0.2, 0.25) is 0 Å². The largest absolute Gasteiger partial charge is 0.205 e. The van der Waals surface area contributed by atoms with Gasteiger partial charge in [0.15, 0.2) is 0 Å². The van der Waals surface area contributed by atoms with Crippen molar-refractivity contribution in [3.05, 3.63) is 89.0 Å². The molecule has 0 unspecified atom stereocenters. The van der Waals surface area contributed by atoms with Crippen LogP contribution in [0.2, 0.25) is 0 Å². The van der Waals surface area contributed by atoms with Crippen LogP contribution in [0.3, 0.4) is 0 Å². The molecule has 0 amide bonds. The second kappa shape index (κ2) is 7.87. The summed E-state index contributed by atoms with van der Waals surface area (Å²) in [4.78, 5) is 0.218. The predicted molar refractivity (Wildman–Crippen MR) is 100 cm³/mol. The number of thiocyanates is 1. The molecule has 126 valence electrons. The smallest absolute Gasteiger partial charge is 0.142 e. The summed E-state index contributed by atoms with van der Waals surface area (Å²) in [5, 5.41) is 10.4. The molecular formula is C22H13F2NS. The van der Waals surface area contributed by atoms with E-state index in [1.807, 2.05) is 55.5 Å². The number of halogens is 2. The third-order valence-electron chi connectivity index (χ3n) is 3.78. The lowest BCUT2D eigenvalue weighted by Crippen LogP contribution is -1.91. The summed E-state index contributed by atoms with van der Waals surface area (Å²) >= 11 is 0.704. The van der Waals surface area contributed by atoms with Crippen molar-refractivity contribution in [3.8, 4) is 28.4 Å². The lowest BCUT2D eigenvalue weighted by atomic mass is 10.0. The van der Waals surface area contributed by atoms with Crippen LogP contribution in [0.5, 0.6) is 0 Å². The standard InChI is InChI=1S/C22H13F2NS/c1-15-2-7-17(8-3-15)18-9-4-16(5-10-18)6-11-20-21(23)12-19(26-14-25)13-22(20)24/h2-5,7-10,12-13H,1H3. The molecule has 1 nitrogen and oxygen atoms in total. The average molecular weight is 361 g/mol. The van der Waals surface area contributed by atoms with Crippen molar-refractivity contribution in [3.63, 3.8) is 0 Å². The molecule has 0 heterocycles. The van der Waals surface area contributed by atoms with Gasteiger partial charge >= 0.3 is 0 Å². The minimum atomic E-state index is -0.772. The van der Waals surface area contributed by atoms with Crippen molar-refractivity contribution in [2.45, 2.75) is 11.8 Å². The first-order valence-corrected chi connectivity index (χ1v) is 8.62. The molecule has 0 saturated heterocycles. The van der Waals surface area contributed by atoms with Gasteiger partial charge in [-0.15, -0.1) is 0 Å². The highest BCUT2D eigenvalue weighted by molar-refractivity contribution is 8.03. The molecule has 0 N–H and O–H groups in total. The fraction of sp³-hybridized carbons (Fsp3) is 0.0455. The molecule has 0 saturated carbocycles. The maximum atomic E-state index is 14.0. The molecule has 0 aliphatic heterocycles. The molecule has 0 aliphatic carbocycles. The molecule has 0 bridgehead atoms. The Labute approximate surface area is 155 Å². The number of nitriles is 1. The minimum Gasteiger partial charge on any atom is -0.205 e. The quantitative estimate of drug-likeness (QED) is 0.322. The van der Waals surface area contributed by atoms with Crippen molar-refractivity contribution >= 4 is 11.8 Å². The number of hydrogen-bond acceptors (Lipinski definition) is 2. The van der Waals surface area contributed by atoms with Gasteiger partial charge < -0.3 is 0 Å². The van der Waals surface area contributed by atoms with E-state index in [1.54, 1.807) is 5.40 Å². The zero-order chi connectivity index (χ0) is 18.5. The molecule has 0 atom stereocenters. The van der Waals surface area contributed by atoms with E-state index in [9.17, 15) is 8.78 Å². The first-order valence-electron chi connectivity index (χ1n) is 7.81. The monoisotopic (exact) mass is 361 g/mol. The van der Waals surface area contributed by atoms with E-state index in [2.05, 4.69) is 11.8 Å². The third-order valence-corrected chi connectivity index (χ3v) is 4.34.